The minimum absolute atomic E-state index is 0.415. The highest BCUT2D eigenvalue weighted by Gasteiger charge is 2.25. The number of hydrogen-bond donors (Lipinski definition) is 3. The molecule has 0 spiro atoms. The van der Waals surface area contributed by atoms with Crippen LogP contribution in [-0.4, -0.2) is 30.1 Å². The van der Waals surface area contributed by atoms with Crippen LogP contribution in [0.5, 0.6) is 0 Å². The van der Waals surface area contributed by atoms with E-state index in [1.54, 1.807) is 0 Å². The Morgan fingerprint density at radius 2 is 1.85 bits per heavy atom. The van der Waals surface area contributed by atoms with Crippen molar-refractivity contribution >= 4 is 23.4 Å². The van der Waals surface area contributed by atoms with Crippen LogP contribution in [0.1, 0.15) is 24.5 Å². The summed E-state index contributed by atoms with van der Waals surface area (Å²) in [5, 5.41) is 11.2. The molecule has 0 radical (unpaired) electrons. The fraction of sp³-hybridized carbons (Fsp3) is 0.158. The Labute approximate surface area is 160 Å². The molecule has 0 atom stereocenters. The first kappa shape index (κ1) is 16.0. The maximum absolute atomic E-state index is 6.35. The van der Waals surface area contributed by atoms with Crippen LogP contribution in [0.2, 0.25) is 5.02 Å². The van der Waals surface area contributed by atoms with Gasteiger partial charge in [0, 0.05) is 29.4 Å². The first-order valence-electron chi connectivity index (χ1n) is 8.73. The molecule has 3 heterocycles. The number of anilines is 2. The van der Waals surface area contributed by atoms with E-state index in [4.69, 9.17) is 11.6 Å². The van der Waals surface area contributed by atoms with Gasteiger partial charge in [0.15, 0.2) is 17.5 Å². The molecule has 1 saturated carbocycles. The Hall–Kier alpha value is -3.19. The molecule has 134 valence electrons. The summed E-state index contributed by atoms with van der Waals surface area (Å²) in [6, 6.07) is 13.3. The number of aromatic nitrogens is 6. The van der Waals surface area contributed by atoms with E-state index in [2.05, 4.69) is 35.5 Å². The molecule has 0 bridgehead atoms. The molecule has 1 fully saturated rings. The van der Waals surface area contributed by atoms with Gasteiger partial charge in [0.25, 0.3) is 0 Å². The van der Waals surface area contributed by atoms with E-state index in [9.17, 15) is 0 Å². The van der Waals surface area contributed by atoms with E-state index < -0.39 is 0 Å². The predicted molar refractivity (Wildman–Crippen MR) is 104 cm³/mol. The lowest BCUT2D eigenvalue weighted by atomic mass is 10.2. The zero-order chi connectivity index (χ0) is 18.2. The monoisotopic (exact) mass is 377 g/mol. The first-order chi connectivity index (χ1) is 13.3. The number of nitrogens with one attached hydrogen (secondary N) is 3. The molecule has 4 aromatic rings. The summed E-state index contributed by atoms with van der Waals surface area (Å²) in [6.45, 7) is 0. The molecule has 0 amide bonds. The molecule has 5 rings (SSSR count). The van der Waals surface area contributed by atoms with Gasteiger partial charge in [-0.15, -0.1) is 0 Å². The fourth-order valence-corrected chi connectivity index (χ4v) is 3.12. The Morgan fingerprint density at radius 1 is 1.00 bits per heavy atom. The molecule has 27 heavy (non-hydrogen) atoms. The van der Waals surface area contributed by atoms with Crippen molar-refractivity contribution in [3.05, 3.63) is 59.4 Å². The highest BCUT2D eigenvalue weighted by molar-refractivity contribution is 6.33. The normalized spacial score (nSPS) is 13.7. The molecule has 0 aliphatic heterocycles. The van der Waals surface area contributed by atoms with E-state index in [1.165, 1.54) is 12.8 Å². The molecule has 0 unspecified atom stereocenters. The van der Waals surface area contributed by atoms with E-state index in [0.717, 1.165) is 17.0 Å². The maximum atomic E-state index is 6.35. The van der Waals surface area contributed by atoms with Crippen LogP contribution in [0.3, 0.4) is 0 Å². The first-order valence-corrected chi connectivity index (χ1v) is 9.11. The summed E-state index contributed by atoms with van der Waals surface area (Å²) in [6.07, 6.45) is 4.25. The average molecular weight is 378 g/mol. The maximum Gasteiger partial charge on any atom is 0.232 e. The summed E-state index contributed by atoms with van der Waals surface area (Å²) in [7, 11) is 0. The average Bonchev–Trinajstić information content (AvgIpc) is 3.17. The van der Waals surface area contributed by atoms with Crippen molar-refractivity contribution in [1.29, 1.82) is 0 Å². The molecular weight excluding hydrogens is 362 g/mol. The Kier molecular flexibility index (Phi) is 3.86. The summed E-state index contributed by atoms with van der Waals surface area (Å²) in [5.74, 6) is 2.73. The summed E-state index contributed by atoms with van der Waals surface area (Å²) >= 11 is 6.35. The van der Waals surface area contributed by atoms with Gasteiger partial charge in [-0.1, -0.05) is 23.7 Å². The van der Waals surface area contributed by atoms with Gasteiger partial charge in [0.1, 0.15) is 0 Å². The van der Waals surface area contributed by atoms with Gasteiger partial charge in [0.05, 0.1) is 10.7 Å². The third kappa shape index (κ3) is 3.29. The third-order valence-electron chi connectivity index (χ3n) is 4.44. The number of aromatic amines is 2. The lowest BCUT2D eigenvalue weighted by Crippen LogP contribution is -2.04. The lowest BCUT2D eigenvalue weighted by Gasteiger charge is -2.08. The van der Waals surface area contributed by atoms with Crippen molar-refractivity contribution < 1.29 is 0 Å². The van der Waals surface area contributed by atoms with Crippen LogP contribution in [0.4, 0.5) is 11.8 Å². The van der Waals surface area contributed by atoms with Crippen LogP contribution in [0, 0.1) is 0 Å². The van der Waals surface area contributed by atoms with Crippen molar-refractivity contribution in [3.63, 3.8) is 0 Å². The predicted octanol–water partition coefficient (Wildman–Crippen LogP) is 4.53. The SMILES string of the molecule is Clc1ccccc1-c1nc(Nc2cc(C3CC3)[nH]n2)nc(-c2ccc[nH]2)n1. The number of hydrogen-bond acceptors (Lipinski definition) is 5. The van der Waals surface area contributed by atoms with E-state index >= 15 is 0 Å². The lowest BCUT2D eigenvalue weighted by molar-refractivity contribution is 0.964. The van der Waals surface area contributed by atoms with Crippen molar-refractivity contribution in [1.82, 2.24) is 30.1 Å². The van der Waals surface area contributed by atoms with E-state index in [-0.39, 0.29) is 0 Å². The van der Waals surface area contributed by atoms with Crippen LogP contribution in [0.15, 0.2) is 48.7 Å². The molecule has 1 aliphatic carbocycles. The highest BCUT2D eigenvalue weighted by atomic mass is 35.5. The Balaban J connectivity index is 1.56. The molecule has 8 heteroatoms. The van der Waals surface area contributed by atoms with Crippen LogP contribution < -0.4 is 5.32 Å². The second-order valence-corrected chi connectivity index (χ2v) is 6.88. The van der Waals surface area contributed by atoms with Gasteiger partial charge in [-0.25, -0.2) is 4.98 Å². The van der Waals surface area contributed by atoms with E-state index in [1.807, 2.05) is 48.7 Å². The highest BCUT2D eigenvalue weighted by Crippen LogP contribution is 2.39. The van der Waals surface area contributed by atoms with Crippen molar-refractivity contribution in [2.24, 2.45) is 0 Å². The second kappa shape index (κ2) is 6.51. The van der Waals surface area contributed by atoms with Gasteiger partial charge in [-0.3, -0.25) is 5.10 Å². The molecule has 1 aliphatic rings. The zero-order valence-electron chi connectivity index (χ0n) is 14.3. The molecule has 3 N–H and O–H groups in total. The summed E-state index contributed by atoms with van der Waals surface area (Å²) < 4.78 is 0. The number of benzene rings is 1. The largest absolute Gasteiger partial charge is 0.359 e. The molecular formula is C19H16ClN7. The second-order valence-electron chi connectivity index (χ2n) is 6.48. The molecule has 7 nitrogen and oxygen atoms in total. The van der Waals surface area contributed by atoms with Gasteiger partial charge in [-0.2, -0.15) is 15.1 Å². The van der Waals surface area contributed by atoms with Crippen molar-refractivity contribution in [2.45, 2.75) is 18.8 Å². The zero-order valence-corrected chi connectivity index (χ0v) is 15.0. The van der Waals surface area contributed by atoms with Crippen LogP contribution in [0.25, 0.3) is 22.9 Å². The Bertz CT molecular complexity index is 1080. The minimum atomic E-state index is 0.415. The molecule has 0 saturated heterocycles. The smallest absolute Gasteiger partial charge is 0.232 e. The minimum Gasteiger partial charge on any atom is -0.359 e. The van der Waals surface area contributed by atoms with Gasteiger partial charge >= 0.3 is 0 Å². The number of nitrogens with zero attached hydrogens (tertiary/aromatic N) is 4. The fourth-order valence-electron chi connectivity index (χ4n) is 2.90. The number of rotatable bonds is 5. The van der Waals surface area contributed by atoms with Gasteiger partial charge in [-0.05, 0) is 37.1 Å². The number of H-pyrrole nitrogens is 2. The molecule has 3 aromatic heterocycles. The van der Waals surface area contributed by atoms with Crippen LogP contribution >= 0.6 is 11.6 Å². The molecule has 1 aromatic carbocycles. The summed E-state index contributed by atoms with van der Waals surface area (Å²) in [4.78, 5) is 16.8. The van der Waals surface area contributed by atoms with E-state index in [0.29, 0.717) is 34.4 Å². The van der Waals surface area contributed by atoms with Crippen LogP contribution in [-0.2, 0) is 0 Å². The van der Waals surface area contributed by atoms with Gasteiger partial charge < -0.3 is 10.3 Å². The quantitative estimate of drug-likeness (QED) is 0.475. The third-order valence-corrected chi connectivity index (χ3v) is 4.77. The standard InChI is InChI=1S/C19H16ClN7/c20-13-5-2-1-4-12(13)17-23-18(14-6-3-9-21-14)25-19(24-17)22-16-10-15(26-27-16)11-7-8-11/h1-6,9-11,21H,7-8H2,(H2,22,23,24,25,26,27). The van der Waals surface area contributed by atoms with Crippen molar-refractivity contribution in [2.75, 3.05) is 5.32 Å². The topological polar surface area (TPSA) is 95.2 Å². The summed E-state index contributed by atoms with van der Waals surface area (Å²) in [5.41, 5.74) is 2.69. The number of halogens is 1. The van der Waals surface area contributed by atoms with Crippen molar-refractivity contribution in [3.8, 4) is 22.9 Å². The van der Waals surface area contributed by atoms with Gasteiger partial charge in [0.2, 0.25) is 5.95 Å². The Morgan fingerprint density at radius 3 is 2.63 bits per heavy atom.